The number of furan rings is 1. The fraction of sp³-hybridized carbons (Fsp3) is 0.111. The Kier molecular flexibility index (Phi) is 3.02. The summed E-state index contributed by atoms with van der Waals surface area (Å²) in [5, 5.41) is 10.3. The Morgan fingerprint density at radius 3 is 2.78 bits per heavy atom. The van der Waals surface area contributed by atoms with Gasteiger partial charge in [0.1, 0.15) is 15.7 Å². The average Bonchev–Trinajstić information content (AvgIpc) is 2.74. The van der Waals surface area contributed by atoms with E-state index in [9.17, 15) is 19.7 Å². The molecule has 0 amide bonds. The van der Waals surface area contributed by atoms with E-state index < -0.39 is 22.1 Å². The number of rotatable bonds is 3. The maximum atomic E-state index is 11.4. The maximum absolute atomic E-state index is 11.4. The lowest BCUT2D eigenvalue weighted by Gasteiger charge is -2.01. The third-order valence-corrected chi connectivity index (χ3v) is 2.39. The fourth-order valence-corrected chi connectivity index (χ4v) is 1.48. The van der Waals surface area contributed by atoms with Gasteiger partial charge in [-0.3, -0.25) is 24.5 Å². The lowest BCUT2D eigenvalue weighted by molar-refractivity contribution is -0.402. The summed E-state index contributed by atoms with van der Waals surface area (Å²) in [6.07, 6.45) is 1.14. The Balaban J connectivity index is 2.34. The molecule has 0 fully saturated rings. The van der Waals surface area contributed by atoms with Crippen LogP contribution in [0.4, 0.5) is 5.88 Å². The topological polar surface area (TPSA) is 111 Å². The van der Waals surface area contributed by atoms with E-state index in [1.807, 2.05) is 4.98 Å². The second kappa shape index (κ2) is 4.49. The largest absolute Gasteiger partial charge is 0.433 e. The number of nitrogens with zero attached hydrogens (tertiary/aromatic N) is 2. The van der Waals surface area contributed by atoms with Crippen molar-refractivity contribution >= 4 is 17.5 Å². The van der Waals surface area contributed by atoms with E-state index in [0.717, 1.165) is 10.8 Å². The standard InChI is InChI=1S/C9H6ClN3O5/c10-6-4-12(9(15)11-8(6)14)3-5-1-2-7(18-5)13(16)17/h1-2,4H,3H2,(H,11,14,15). The van der Waals surface area contributed by atoms with E-state index in [-0.39, 0.29) is 17.3 Å². The van der Waals surface area contributed by atoms with Gasteiger partial charge in [-0.25, -0.2) is 4.79 Å². The first-order valence-electron chi connectivity index (χ1n) is 4.70. The molecule has 2 aromatic rings. The van der Waals surface area contributed by atoms with E-state index in [0.29, 0.717) is 0 Å². The molecule has 18 heavy (non-hydrogen) atoms. The third-order valence-electron chi connectivity index (χ3n) is 2.12. The first-order valence-corrected chi connectivity index (χ1v) is 5.07. The van der Waals surface area contributed by atoms with Gasteiger partial charge < -0.3 is 4.42 Å². The van der Waals surface area contributed by atoms with Gasteiger partial charge in [-0.05, 0) is 6.07 Å². The van der Waals surface area contributed by atoms with Crippen molar-refractivity contribution in [3.63, 3.8) is 0 Å². The van der Waals surface area contributed by atoms with Crippen molar-refractivity contribution in [2.45, 2.75) is 6.54 Å². The van der Waals surface area contributed by atoms with Crippen molar-refractivity contribution in [1.29, 1.82) is 0 Å². The summed E-state index contributed by atoms with van der Waals surface area (Å²) in [4.78, 5) is 34.2. The smallest absolute Gasteiger partial charge is 0.404 e. The average molecular weight is 272 g/mol. The van der Waals surface area contributed by atoms with Crippen LogP contribution in [0, 0.1) is 10.1 Å². The lowest BCUT2D eigenvalue weighted by atomic mass is 10.4. The van der Waals surface area contributed by atoms with Gasteiger partial charge in [0.05, 0.1) is 12.6 Å². The van der Waals surface area contributed by atoms with Gasteiger partial charge in [-0.1, -0.05) is 11.6 Å². The predicted octanol–water partition coefficient (Wildman–Crippen LogP) is 0.740. The van der Waals surface area contributed by atoms with Crippen molar-refractivity contribution in [3.8, 4) is 0 Å². The summed E-state index contributed by atoms with van der Waals surface area (Å²) >= 11 is 5.57. The van der Waals surface area contributed by atoms with Crippen molar-refractivity contribution < 1.29 is 9.34 Å². The second-order valence-electron chi connectivity index (χ2n) is 3.36. The molecule has 8 nitrogen and oxygen atoms in total. The molecular weight excluding hydrogens is 266 g/mol. The molecule has 0 bridgehead atoms. The molecule has 0 aliphatic carbocycles. The van der Waals surface area contributed by atoms with Crippen molar-refractivity contribution in [2.24, 2.45) is 0 Å². The van der Waals surface area contributed by atoms with E-state index in [2.05, 4.69) is 0 Å². The third kappa shape index (κ3) is 2.33. The highest BCUT2D eigenvalue weighted by atomic mass is 35.5. The van der Waals surface area contributed by atoms with Crippen LogP contribution < -0.4 is 11.2 Å². The molecule has 2 rings (SSSR count). The molecule has 94 valence electrons. The normalized spacial score (nSPS) is 10.5. The molecule has 0 aliphatic rings. The highest BCUT2D eigenvalue weighted by molar-refractivity contribution is 6.30. The zero-order valence-electron chi connectivity index (χ0n) is 8.75. The quantitative estimate of drug-likeness (QED) is 0.654. The molecule has 2 heterocycles. The van der Waals surface area contributed by atoms with Crippen LogP contribution in [0.5, 0.6) is 0 Å². The summed E-state index contributed by atoms with van der Waals surface area (Å²) in [5.41, 5.74) is -1.37. The van der Waals surface area contributed by atoms with Gasteiger partial charge in [0.15, 0.2) is 0 Å². The second-order valence-corrected chi connectivity index (χ2v) is 3.77. The van der Waals surface area contributed by atoms with E-state index in [1.54, 1.807) is 0 Å². The van der Waals surface area contributed by atoms with E-state index >= 15 is 0 Å². The number of H-pyrrole nitrogens is 1. The summed E-state index contributed by atoms with van der Waals surface area (Å²) in [6, 6.07) is 2.54. The van der Waals surface area contributed by atoms with Crippen LogP contribution in [0.2, 0.25) is 5.02 Å². The first-order chi connectivity index (χ1) is 8.47. The molecule has 0 atom stereocenters. The molecule has 1 N–H and O–H groups in total. The molecule has 2 aromatic heterocycles. The fourth-order valence-electron chi connectivity index (χ4n) is 1.32. The summed E-state index contributed by atoms with van der Waals surface area (Å²) < 4.78 is 5.96. The van der Waals surface area contributed by atoms with Crippen LogP contribution in [-0.2, 0) is 6.54 Å². The molecule has 0 unspecified atom stereocenters. The Hall–Kier alpha value is -2.35. The van der Waals surface area contributed by atoms with Crippen LogP contribution in [0.3, 0.4) is 0 Å². The number of nitro groups is 1. The SMILES string of the molecule is O=c1[nH]c(=O)n(Cc2ccc([N+](=O)[O-])o2)cc1Cl. The highest BCUT2D eigenvalue weighted by Gasteiger charge is 2.12. The molecule has 0 spiro atoms. The monoisotopic (exact) mass is 271 g/mol. The van der Waals surface area contributed by atoms with Gasteiger partial charge in [0, 0.05) is 6.20 Å². The molecule has 0 aliphatic heterocycles. The van der Waals surface area contributed by atoms with Gasteiger partial charge >= 0.3 is 11.6 Å². The van der Waals surface area contributed by atoms with Crippen LogP contribution in [0.1, 0.15) is 5.76 Å². The molecule has 0 radical (unpaired) electrons. The zero-order chi connectivity index (χ0) is 13.3. The summed E-state index contributed by atoms with van der Waals surface area (Å²) in [7, 11) is 0. The number of hydrogen-bond acceptors (Lipinski definition) is 5. The Labute approximate surface area is 104 Å². The lowest BCUT2D eigenvalue weighted by Crippen LogP contribution is -2.29. The van der Waals surface area contributed by atoms with E-state index in [4.69, 9.17) is 16.0 Å². The van der Waals surface area contributed by atoms with Crippen LogP contribution >= 0.6 is 11.6 Å². The first kappa shape index (κ1) is 12.1. The molecule has 9 heteroatoms. The Morgan fingerprint density at radius 1 is 1.44 bits per heavy atom. The van der Waals surface area contributed by atoms with Crippen LogP contribution in [0.15, 0.2) is 32.3 Å². The summed E-state index contributed by atoms with van der Waals surface area (Å²) in [6.45, 7) is -0.0663. The van der Waals surface area contributed by atoms with Gasteiger partial charge in [0.25, 0.3) is 5.56 Å². The number of aromatic nitrogens is 2. The van der Waals surface area contributed by atoms with Crippen LogP contribution in [0.25, 0.3) is 0 Å². The Morgan fingerprint density at radius 2 is 2.17 bits per heavy atom. The molecular formula is C9H6ClN3O5. The molecule has 0 aromatic carbocycles. The minimum atomic E-state index is -0.691. The number of halogens is 1. The molecule has 0 saturated carbocycles. The number of hydrogen-bond donors (Lipinski definition) is 1. The van der Waals surface area contributed by atoms with Crippen molar-refractivity contribution in [2.75, 3.05) is 0 Å². The van der Waals surface area contributed by atoms with Gasteiger partial charge in [-0.2, -0.15) is 0 Å². The zero-order valence-corrected chi connectivity index (χ0v) is 9.51. The van der Waals surface area contributed by atoms with Crippen LogP contribution in [-0.4, -0.2) is 14.5 Å². The van der Waals surface area contributed by atoms with Crippen molar-refractivity contribution in [3.05, 3.63) is 60.1 Å². The van der Waals surface area contributed by atoms with Gasteiger partial charge in [0.2, 0.25) is 0 Å². The Bertz CT molecular complexity index is 713. The maximum Gasteiger partial charge on any atom is 0.433 e. The van der Waals surface area contributed by atoms with E-state index in [1.165, 1.54) is 12.1 Å². The minimum absolute atomic E-state index is 0.0663. The number of aromatic amines is 1. The highest BCUT2D eigenvalue weighted by Crippen LogP contribution is 2.16. The summed E-state index contributed by atoms with van der Waals surface area (Å²) in [5.74, 6) is -0.222. The predicted molar refractivity (Wildman–Crippen MR) is 60.8 cm³/mol. The van der Waals surface area contributed by atoms with Crippen molar-refractivity contribution in [1.82, 2.24) is 9.55 Å². The van der Waals surface area contributed by atoms with Gasteiger partial charge in [-0.15, -0.1) is 0 Å². The molecule has 0 saturated heterocycles. The minimum Gasteiger partial charge on any atom is -0.404 e. The number of nitrogens with one attached hydrogen (secondary N) is 1.